The topological polar surface area (TPSA) is 41.9 Å². The van der Waals surface area contributed by atoms with E-state index >= 15 is 0 Å². The van der Waals surface area contributed by atoms with Gasteiger partial charge in [0.15, 0.2) is 6.10 Å². The molecule has 0 aromatic heterocycles. The molecular weight excluding hydrogens is 285 g/mol. The third-order valence-electron chi connectivity index (χ3n) is 3.13. The number of nitrogens with zero attached hydrogens (tertiary/aromatic N) is 2. The minimum absolute atomic E-state index is 0.0231. The van der Waals surface area contributed by atoms with Crippen LogP contribution in [-0.2, 0) is 9.63 Å². The van der Waals surface area contributed by atoms with Crippen molar-refractivity contribution in [2.45, 2.75) is 25.6 Å². The zero-order valence-electron chi connectivity index (χ0n) is 11.4. The largest absolute Gasteiger partial charge is 0.406 e. The van der Waals surface area contributed by atoms with Gasteiger partial charge in [0.25, 0.3) is 5.91 Å². The number of halogens is 3. The summed E-state index contributed by atoms with van der Waals surface area (Å²) in [7, 11) is 0. The predicted octanol–water partition coefficient (Wildman–Crippen LogP) is 2.91. The number of carbonyl (C=O) groups excluding carboxylic acids is 1. The number of hydrogen-bond acceptors (Lipinski definition) is 3. The molecule has 4 nitrogen and oxygen atoms in total. The maximum absolute atomic E-state index is 12.4. The van der Waals surface area contributed by atoms with Crippen molar-refractivity contribution in [3.8, 4) is 0 Å². The van der Waals surface area contributed by atoms with Crippen LogP contribution < -0.4 is 0 Å². The molecule has 0 aliphatic carbocycles. The Labute approximate surface area is 120 Å². The van der Waals surface area contributed by atoms with Crippen LogP contribution in [0.5, 0.6) is 0 Å². The molecule has 21 heavy (non-hydrogen) atoms. The SMILES string of the molecule is CCN(CC(F)(F)F)C(=O)C1=NO[C@H](c2ccccc2)C1. The van der Waals surface area contributed by atoms with E-state index in [1.807, 2.05) is 30.3 Å². The first-order chi connectivity index (χ1) is 9.90. The lowest BCUT2D eigenvalue weighted by molar-refractivity contribution is -0.156. The highest BCUT2D eigenvalue weighted by Crippen LogP contribution is 2.28. The molecule has 7 heteroatoms. The number of alkyl halides is 3. The summed E-state index contributed by atoms with van der Waals surface area (Å²) in [6.07, 6.45) is -4.67. The van der Waals surface area contributed by atoms with Crippen molar-refractivity contribution >= 4 is 11.6 Å². The molecule has 0 saturated carbocycles. The highest BCUT2D eigenvalue weighted by atomic mass is 19.4. The lowest BCUT2D eigenvalue weighted by atomic mass is 10.0. The molecule has 1 heterocycles. The first-order valence-corrected chi connectivity index (χ1v) is 6.54. The van der Waals surface area contributed by atoms with Gasteiger partial charge in [-0.05, 0) is 12.5 Å². The van der Waals surface area contributed by atoms with Gasteiger partial charge in [-0.2, -0.15) is 13.2 Å². The van der Waals surface area contributed by atoms with Crippen molar-refractivity contribution in [3.05, 3.63) is 35.9 Å². The van der Waals surface area contributed by atoms with Gasteiger partial charge >= 0.3 is 6.18 Å². The monoisotopic (exact) mass is 300 g/mol. The third-order valence-corrected chi connectivity index (χ3v) is 3.13. The Balaban J connectivity index is 2.01. The van der Waals surface area contributed by atoms with E-state index in [0.29, 0.717) is 0 Å². The van der Waals surface area contributed by atoms with E-state index in [0.717, 1.165) is 10.5 Å². The van der Waals surface area contributed by atoms with Gasteiger partial charge in [0.1, 0.15) is 12.3 Å². The van der Waals surface area contributed by atoms with E-state index in [2.05, 4.69) is 5.16 Å². The van der Waals surface area contributed by atoms with Crippen molar-refractivity contribution in [2.75, 3.05) is 13.1 Å². The van der Waals surface area contributed by atoms with E-state index in [9.17, 15) is 18.0 Å². The molecule has 1 atom stereocenters. The third kappa shape index (κ3) is 3.96. The molecule has 0 N–H and O–H groups in total. The fourth-order valence-corrected chi connectivity index (χ4v) is 2.08. The number of oxime groups is 1. The van der Waals surface area contributed by atoms with Gasteiger partial charge in [-0.25, -0.2) is 0 Å². The smallest absolute Gasteiger partial charge is 0.387 e. The normalized spacial score (nSPS) is 18.1. The zero-order valence-corrected chi connectivity index (χ0v) is 11.4. The summed E-state index contributed by atoms with van der Waals surface area (Å²) in [6.45, 7) is 0.180. The minimum Gasteiger partial charge on any atom is -0.387 e. The van der Waals surface area contributed by atoms with Crippen LogP contribution in [0.2, 0.25) is 0 Å². The van der Waals surface area contributed by atoms with E-state index < -0.39 is 24.7 Å². The molecule has 0 saturated heterocycles. The van der Waals surface area contributed by atoms with Gasteiger partial charge in [0.05, 0.1) is 0 Å². The Kier molecular flexibility index (Phi) is 4.50. The van der Waals surface area contributed by atoms with Crippen LogP contribution in [0.15, 0.2) is 35.5 Å². The second-order valence-corrected chi connectivity index (χ2v) is 4.68. The van der Waals surface area contributed by atoms with Gasteiger partial charge in [0, 0.05) is 13.0 Å². The predicted molar refractivity (Wildman–Crippen MR) is 70.6 cm³/mol. The zero-order chi connectivity index (χ0) is 15.5. The Bertz CT molecular complexity index is 529. The molecule has 0 radical (unpaired) electrons. The number of benzene rings is 1. The second kappa shape index (κ2) is 6.15. The van der Waals surface area contributed by atoms with E-state index in [1.165, 1.54) is 6.92 Å². The molecule has 1 aromatic rings. The molecule has 114 valence electrons. The molecule has 1 aliphatic heterocycles. The summed E-state index contributed by atoms with van der Waals surface area (Å²) in [4.78, 5) is 17.9. The molecule has 0 fully saturated rings. The molecule has 0 bridgehead atoms. The van der Waals surface area contributed by atoms with E-state index in [-0.39, 0.29) is 18.7 Å². The lowest BCUT2D eigenvalue weighted by Crippen LogP contribution is -2.42. The van der Waals surface area contributed by atoms with Crippen LogP contribution in [0.3, 0.4) is 0 Å². The first-order valence-electron chi connectivity index (χ1n) is 6.54. The average molecular weight is 300 g/mol. The molecule has 1 aliphatic rings. The van der Waals surface area contributed by atoms with Gasteiger partial charge in [0.2, 0.25) is 0 Å². The Hall–Kier alpha value is -2.05. The quantitative estimate of drug-likeness (QED) is 0.858. The first kappa shape index (κ1) is 15.3. The van der Waals surface area contributed by atoms with Crippen molar-refractivity contribution in [1.82, 2.24) is 4.90 Å². The number of rotatable bonds is 4. The lowest BCUT2D eigenvalue weighted by Gasteiger charge is -2.21. The van der Waals surface area contributed by atoms with Crippen molar-refractivity contribution in [1.29, 1.82) is 0 Å². The van der Waals surface area contributed by atoms with E-state index in [1.54, 1.807) is 0 Å². The summed E-state index contributed by atoms with van der Waals surface area (Å²) in [5.41, 5.74) is 0.859. The van der Waals surface area contributed by atoms with E-state index in [4.69, 9.17) is 4.84 Å². The standard InChI is InChI=1S/C14H15F3N2O2/c1-2-19(9-14(15,16)17)13(20)11-8-12(21-18-11)10-6-4-3-5-7-10/h3-7,12H,2,8-9H2,1H3/t12-/m0/s1. The maximum atomic E-state index is 12.4. The fraction of sp³-hybridized carbons (Fsp3) is 0.429. The number of carbonyl (C=O) groups is 1. The van der Waals surface area contributed by atoms with Crippen LogP contribution in [-0.4, -0.2) is 35.8 Å². The van der Waals surface area contributed by atoms with Crippen LogP contribution in [0.25, 0.3) is 0 Å². The van der Waals surface area contributed by atoms with Crippen LogP contribution in [0.4, 0.5) is 13.2 Å². The Morgan fingerprint density at radius 2 is 2.05 bits per heavy atom. The molecule has 1 amide bonds. The van der Waals surface area contributed by atoms with Crippen molar-refractivity contribution < 1.29 is 22.8 Å². The number of hydrogen-bond donors (Lipinski definition) is 0. The van der Waals surface area contributed by atoms with Crippen LogP contribution in [0, 0.1) is 0 Å². The number of amides is 1. The Morgan fingerprint density at radius 3 is 2.62 bits per heavy atom. The summed E-state index contributed by atoms with van der Waals surface area (Å²) in [5.74, 6) is -0.728. The maximum Gasteiger partial charge on any atom is 0.406 e. The fourth-order valence-electron chi connectivity index (χ4n) is 2.08. The van der Waals surface area contributed by atoms with Crippen LogP contribution >= 0.6 is 0 Å². The van der Waals surface area contributed by atoms with Gasteiger partial charge < -0.3 is 9.74 Å². The minimum atomic E-state index is -4.43. The highest BCUT2D eigenvalue weighted by molar-refractivity contribution is 6.39. The molecule has 0 unspecified atom stereocenters. The molecule has 2 rings (SSSR count). The molecule has 0 spiro atoms. The second-order valence-electron chi connectivity index (χ2n) is 4.68. The summed E-state index contributed by atoms with van der Waals surface area (Å²) < 4.78 is 37.2. The van der Waals surface area contributed by atoms with Crippen molar-refractivity contribution in [2.24, 2.45) is 5.16 Å². The summed E-state index contributed by atoms with van der Waals surface area (Å²) in [5, 5.41) is 3.65. The Morgan fingerprint density at radius 1 is 1.38 bits per heavy atom. The average Bonchev–Trinajstić information content (AvgIpc) is 2.94. The summed E-state index contributed by atoms with van der Waals surface area (Å²) >= 11 is 0. The van der Waals surface area contributed by atoms with Crippen molar-refractivity contribution in [3.63, 3.8) is 0 Å². The van der Waals surface area contributed by atoms with Gasteiger partial charge in [-0.3, -0.25) is 4.79 Å². The van der Waals surface area contributed by atoms with Crippen LogP contribution in [0.1, 0.15) is 25.0 Å². The molecule has 1 aromatic carbocycles. The highest BCUT2D eigenvalue weighted by Gasteiger charge is 2.36. The summed E-state index contributed by atoms with van der Waals surface area (Å²) in [6, 6.07) is 9.12. The van der Waals surface area contributed by atoms with Gasteiger partial charge in [-0.15, -0.1) is 0 Å². The molecular formula is C14H15F3N2O2. The van der Waals surface area contributed by atoms with Gasteiger partial charge in [-0.1, -0.05) is 35.5 Å².